The number of rotatable bonds is 6. The van der Waals surface area contributed by atoms with E-state index in [9.17, 15) is 9.59 Å². The molecule has 0 saturated carbocycles. The summed E-state index contributed by atoms with van der Waals surface area (Å²) in [6.45, 7) is 5.77. The average molecular weight is 473 g/mol. The minimum absolute atomic E-state index is 0.106. The van der Waals surface area contributed by atoms with Gasteiger partial charge in [0.2, 0.25) is 11.0 Å². The van der Waals surface area contributed by atoms with E-state index in [-0.39, 0.29) is 17.7 Å². The Morgan fingerprint density at radius 1 is 1.03 bits per heavy atom. The van der Waals surface area contributed by atoms with Gasteiger partial charge in [-0.2, -0.15) is 0 Å². The third kappa shape index (κ3) is 5.27. The van der Waals surface area contributed by atoms with Gasteiger partial charge in [-0.25, -0.2) is 0 Å². The van der Waals surface area contributed by atoms with Crippen LogP contribution >= 0.6 is 27.3 Å². The molecular weight excluding hydrogens is 452 g/mol. The summed E-state index contributed by atoms with van der Waals surface area (Å²) in [5.74, 6) is -0.748. The van der Waals surface area contributed by atoms with E-state index < -0.39 is 6.04 Å². The van der Waals surface area contributed by atoms with Crippen LogP contribution in [0.15, 0.2) is 53.0 Å². The Kier molecular flexibility index (Phi) is 6.76. The van der Waals surface area contributed by atoms with Crippen molar-refractivity contribution in [2.24, 2.45) is 5.92 Å². The predicted octanol–water partition coefficient (Wildman–Crippen LogP) is 4.67. The fraction of sp³-hybridized carbons (Fsp3) is 0.238. The van der Waals surface area contributed by atoms with Crippen molar-refractivity contribution in [3.63, 3.8) is 0 Å². The first-order valence-electron chi connectivity index (χ1n) is 9.12. The molecule has 2 N–H and O–H groups in total. The van der Waals surface area contributed by atoms with E-state index in [0.29, 0.717) is 15.2 Å². The van der Waals surface area contributed by atoms with Crippen molar-refractivity contribution in [1.82, 2.24) is 15.5 Å². The number of carbonyl (C=O) groups is 2. The lowest BCUT2D eigenvalue weighted by Gasteiger charge is -2.21. The third-order valence-electron chi connectivity index (χ3n) is 4.31. The number of carbonyl (C=O) groups excluding carboxylic acids is 2. The van der Waals surface area contributed by atoms with Gasteiger partial charge in [0.15, 0.2) is 0 Å². The number of anilines is 1. The minimum Gasteiger partial charge on any atom is -0.340 e. The van der Waals surface area contributed by atoms with Gasteiger partial charge in [0.25, 0.3) is 5.91 Å². The number of hydrogen-bond acceptors (Lipinski definition) is 5. The number of aryl methyl sites for hydroxylation is 1. The third-order valence-corrected chi connectivity index (χ3v) is 5.89. The molecule has 0 radical (unpaired) electrons. The second-order valence-corrected chi connectivity index (χ2v) is 8.77. The summed E-state index contributed by atoms with van der Waals surface area (Å²) in [5, 5.41) is 14.9. The molecule has 1 atom stereocenters. The molecule has 0 saturated heterocycles. The van der Waals surface area contributed by atoms with Gasteiger partial charge in [-0.3, -0.25) is 14.9 Å². The molecule has 1 unspecified atom stereocenters. The van der Waals surface area contributed by atoms with E-state index >= 15 is 0 Å². The molecule has 0 bridgehead atoms. The highest BCUT2D eigenvalue weighted by molar-refractivity contribution is 9.10. The van der Waals surface area contributed by atoms with Gasteiger partial charge in [-0.15, -0.1) is 10.2 Å². The zero-order chi connectivity index (χ0) is 21.0. The lowest BCUT2D eigenvalue weighted by atomic mass is 10.0. The maximum atomic E-state index is 12.8. The van der Waals surface area contributed by atoms with Crippen molar-refractivity contribution < 1.29 is 9.59 Å². The molecule has 2 amide bonds. The van der Waals surface area contributed by atoms with Gasteiger partial charge in [0.1, 0.15) is 11.0 Å². The number of aromatic nitrogens is 2. The Bertz CT molecular complexity index is 1020. The first-order chi connectivity index (χ1) is 13.8. The van der Waals surface area contributed by atoms with Gasteiger partial charge in [-0.05, 0) is 40.9 Å². The molecule has 0 spiro atoms. The molecule has 150 valence electrons. The maximum Gasteiger partial charge on any atom is 0.253 e. The zero-order valence-electron chi connectivity index (χ0n) is 16.3. The van der Waals surface area contributed by atoms with E-state index in [1.807, 2.05) is 51.1 Å². The summed E-state index contributed by atoms with van der Waals surface area (Å²) in [5.41, 5.74) is 2.58. The van der Waals surface area contributed by atoms with Crippen molar-refractivity contribution in [2.75, 3.05) is 5.32 Å². The van der Waals surface area contributed by atoms with Crippen LogP contribution in [0.1, 0.15) is 29.8 Å². The Morgan fingerprint density at radius 2 is 1.72 bits per heavy atom. The van der Waals surface area contributed by atoms with Crippen LogP contribution in [0.25, 0.3) is 10.6 Å². The highest BCUT2D eigenvalue weighted by Gasteiger charge is 2.26. The van der Waals surface area contributed by atoms with Gasteiger partial charge >= 0.3 is 0 Å². The van der Waals surface area contributed by atoms with E-state index in [4.69, 9.17) is 0 Å². The van der Waals surface area contributed by atoms with E-state index in [1.165, 1.54) is 11.3 Å². The minimum atomic E-state index is -0.707. The normalized spacial score (nSPS) is 11.9. The Morgan fingerprint density at radius 3 is 2.38 bits per heavy atom. The average Bonchev–Trinajstić information content (AvgIpc) is 3.14. The highest BCUT2D eigenvalue weighted by Crippen LogP contribution is 2.26. The first kappa shape index (κ1) is 21.1. The van der Waals surface area contributed by atoms with Crippen molar-refractivity contribution in [2.45, 2.75) is 26.8 Å². The molecule has 3 aromatic rings. The first-order valence-corrected chi connectivity index (χ1v) is 10.7. The summed E-state index contributed by atoms with van der Waals surface area (Å²) in [7, 11) is 0. The number of nitrogens with zero attached hydrogens (tertiary/aromatic N) is 2. The summed E-state index contributed by atoms with van der Waals surface area (Å²) in [4.78, 5) is 25.4. The number of nitrogens with one attached hydrogen (secondary N) is 2. The Balaban J connectivity index is 1.71. The molecule has 0 aliphatic heterocycles. The molecule has 8 heteroatoms. The lowest BCUT2D eigenvalue weighted by Crippen LogP contribution is -2.47. The maximum absolute atomic E-state index is 12.8. The van der Waals surface area contributed by atoms with Crippen LogP contribution in [0.3, 0.4) is 0 Å². The summed E-state index contributed by atoms with van der Waals surface area (Å²) < 4.78 is 0.673. The molecule has 0 fully saturated rings. The van der Waals surface area contributed by atoms with Crippen molar-refractivity contribution in [3.8, 4) is 10.6 Å². The Hall–Kier alpha value is -2.58. The molecule has 6 nitrogen and oxygen atoms in total. The van der Waals surface area contributed by atoms with Crippen LogP contribution < -0.4 is 10.6 Å². The molecule has 0 aliphatic carbocycles. The second-order valence-electron chi connectivity index (χ2n) is 6.94. The van der Waals surface area contributed by atoms with Crippen LogP contribution in [0.2, 0.25) is 0 Å². The number of amides is 2. The number of halogens is 1. The van der Waals surface area contributed by atoms with Crippen molar-refractivity contribution in [3.05, 3.63) is 64.1 Å². The van der Waals surface area contributed by atoms with Crippen molar-refractivity contribution >= 4 is 44.2 Å². The molecule has 0 aliphatic rings. The van der Waals surface area contributed by atoms with Crippen LogP contribution in [0.5, 0.6) is 0 Å². The quantitative estimate of drug-likeness (QED) is 0.545. The number of benzene rings is 2. The summed E-state index contributed by atoms with van der Waals surface area (Å²) in [6, 6.07) is 14.3. The van der Waals surface area contributed by atoms with Crippen LogP contribution in [0.4, 0.5) is 5.13 Å². The Labute approximate surface area is 181 Å². The standard InChI is InChI=1S/C21H21BrN4O2S/c1-12(2)17(23-18(27)15-6-4-5-7-16(15)22)19(28)24-21-26-25-20(29-21)14-10-8-13(3)9-11-14/h4-12,17H,1-3H3,(H,23,27)(H,24,26,28). The molecule has 2 aromatic carbocycles. The largest absolute Gasteiger partial charge is 0.340 e. The molecule has 3 rings (SSSR count). The van der Waals surface area contributed by atoms with Gasteiger partial charge in [0.05, 0.1) is 5.56 Å². The highest BCUT2D eigenvalue weighted by atomic mass is 79.9. The summed E-state index contributed by atoms with van der Waals surface area (Å²) in [6.07, 6.45) is 0. The fourth-order valence-electron chi connectivity index (χ4n) is 2.67. The van der Waals surface area contributed by atoms with Crippen molar-refractivity contribution in [1.29, 1.82) is 0 Å². The van der Waals surface area contributed by atoms with Crippen LogP contribution in [0, 0.1) is 12.8 Å². The molecule has 1 aromatic heterocycles. The predicted molar refractivity (Wildman–Crippen MR) is 119 cm³/mol. The SMILES string of the molecule is Cc1ccc(-c2nnc(NC(=O)C(NC(=O)c3ccccc3Br)C(C)C)s2)cc1. The molecule has 1 heterocycles. The van der Waals surface area contributed by atoms with Gasteiger partial charge < -0.3 is 5.32 Å². The van der Waals surface area contributed by atoms with Gasteiger partial charge in [-0.1, -0.05) is 67.1 Å². The fourth-order valence-corrected chi connectivity index (χ4v) is 3.89. The topological polar surface area (TPSA) is 84.0 Å². The monoisotopic (exact) mass is 472 g/mol. The second kappa shape index (κ2) is 9.28. The van der Waals surface area contributed by atoms with Gasteiger partial charge in [0, 0.05) is 10.0 Å². The molecular formula is C21H21BrN4O2S. The van der Waals surface area contributed by atoms with E-state index in [0.717, 1.165) is 16.1 Å². The summed E-state index contributed by atoms with van der Waals surface area (Å²) >= 11 is 4.66. The van der Waals surface area contributed by atoms with E-state index in [2.05, 4.69) is 36.8 Å². The lowest BCUT2D eigenvalue weighted by molar-refractivity contribution is -0.118. The molecule has 29 heavy (non-hydrogen) atoms. The van der Waals surface area contributed by atoms with Crippen LogP contribution in [-0.2, 0) is 4.79 Å². The number of hydrogen-bond donors (Lipinski definition) is 2. The zero-order valence-corrected chi connectivity index (χ0v) is 18.7. The van der Waals surface area contributed by atoms with Crippen LogP contribution in [-0.4, -0.2) is 28.1 Å². The smallest absolute Gasteiger partial charge is 0.253 e. The van der Waals surface area contributed by atoms with E-state index in [1.54, 1.807) is 18.2 Å².